The summed E-state index contributed by atoms with van der Waals surface area (Å²) in [6.07, 6.45) is 3.06. The number of phenolic OH excluding ortho intramolecular Hbond substituents is 1. The SMILES string of the molecule is CCCCCNC(=O)N(S)c1cc(Cl)c(O)c(Cl)c1. The number of urea groups is 1. The number of carbonyl (C=O) groups is 1. The Hall–Kier alpha value is -0.780. The molecule has 0 aromatic heterocycles. The second-order valence-electron chi connectivity index (χ2n) is 4.01. The van der Waals surface area contributed by atoms with Gasteiger partial charge < -0.3 is 10.4 Å². The Kier molecular flexibility index (Phi) is 6.62. The second-order valence-corrected chi connectivity index (χ2v) is 5.22. The zero-order chi connectivity index (χ0) is 14.4. The third kappa shape index (κ3) is 4.67. The molecule has 7 heteroatoms. The van der Waals surface area contributed by atoms with Crippen LogP contribution in [0.25, 0.3) is 0 Å². The van der Waals surface area contributed by atoms with Gasteiger partial charge in [-0.3, -0.25) is 0 Å². The van der Waals surface area contributed by atoms with E-state index in [-0.39, 0.29) is 21.8 Å². The van der Waals surface area contributed by atoms with Crippen LogP contribution in [0, 0.1) is 0 Å². The highest BCUT2D eigenvalue weighted by atomic mass is 35.5. The summed E-state index contributed by atoms with van der Waals surface area (Å²) in [5, 5.41) is 12.3. The number of amides is 2. The van der Waals surface area contributed by atoms with E-state index >= 15 is 0 Å². The van der Waals surface area contributed by atoms with Gasteiger partial charge in [0.1, 0.15) is 0 Å². The fourth-order valence-electron chi connectivity index (χ4n) is 1.44. The maximum absolute atomic E-state index is 11.8. The molecule has 0 aliphatic heterocycles. The molecule has 1 rings (SSSR count). The fourth-order valence-corrected chi connectivity index (χ4v) is 2.10. The van der Waals surface area contributed by atoms with Crippen molar-refractivity contribution in [2.24, 2.45) is 0 Å². The van der Waals surface area contributed by atoms with E-state index < -0.39 is 0 Å². The van der Waals surface area contributed by atoms with E-state index in [9.17, 15) is 9.90 Å². The number of thiol groups is 1. The second kappa shape index (κ2) is 7.72. The average molecular weight is 323 g/mol. The lowest BCUT2D eigenvalue weighted by molar-refractivity contribution is 0.249. The first-order chi connectivity index (χ1) is 8.97. The molecule has 0 radical (unpaired) electrons. The van der Waals surface area contributed by atoms with Crippen molar-refractivity contribution in [2.75, 3.05) is 10.8 Å². The summed E-state index contributed by atoms with van der Waals surface area (Å²) in [6, 6.07) is 2.47. The van der Waals surface area contributed by atoms with Crippen LogP contribution < -0.4 is 9.62 Å². The lowest BCUT2D eigenvalue weighted by Crippen LogP contribution is -2.34. The van der Waals surface area contributed by atoms with E-state index in [1.165, 1.54) is 12.1 Å². The zero-order valence-electron chi connectivity index (χ0n) is 10.5. The Balaban J connectivity index is 2.66. The van der Waals surface area contributed by atoms with Crippen LogP contribution in [0.4, 0.5) is 10.5 Å². The van der Waals surface area contributed by atoms with Crippen molar-refractivity contribution in [3.8, 4) is 5.75 Å². The molecule has 19 heavy (non-hydrogen) atoms. The van der Waals surface area contributed by atoms with Crippen molar-refractivity contribution in [1.29, 1.82) is 0 Å². The molecule has 0 unspecified atom stereocenters. The number of nitrogens with one attached hydrogen (secondary N) is 1. The molecule has 1 aromatic carbocycles. The summed E-state index contributed by atoms with van der Waals surface area (Å²) in [6.45, 7) is 2.68. The first-order valence-corrected chi connectivity index (χ1v) is 7.07. The molecule has 0 saturated carbocycles. The normalized spacial score (nSPS) is 10.3. The van der Waals surface area contributed by atoms with Gasteiger partial charge in [0.2, 0.25) is 0 Å². The molecule has 0 heterocycles. The monoisotopic (exact) mass is 322 g/mol. The van der Waals surface area contributed by atoms with Crippen LogP contribution >= 0.6 is 36.0 Å². The van der Waals surface area contributed by atoms with Crippen LogP contribution in [0.2, 0.25) is 10.0 Å². The largest absolute Gasteiger partial charge is 0.505 e. The molecule has 0 saturated heterocycles. The number of unbranched alkanes of at least 4 members (excludes halogenated alkanes) is 2. The predicted octanol–water partition coefficient (Wildman–Crippen LogP) is 4.25. The van der Waals surface area contributed by atoms with Gasteiger partial charge in [0.05, 0.1) is 15.7 Å². The third-order valence-corrected chi connectivity index (χ3v) is 3.48. The lowest BCUT2D eigenvalue weighted by Gasteiger charge is -2.17. The van der Waals surface area contributed by atoms with E-state index in [4.69, 9.17) is 23.2 Å². The maximum Gasteiger partial charge on any atom is 0.331 e. The standard InChI is InChI=1S/C12H16Cl2N2O2S/c1-2-3-4-5-15-12(18)16(19)8-6-9(13)11(17)10(14)7-8/h6-7,17,19H,2-5H2,1H3,(H,15,18). The first-order valence-electron chi connectivity index (χ1n) is 5.92. The van der Waals surface area contributed by atoms with Crippen LogP contribution in [0.3, 0.4) is 0 Å². The molecule has 0 fully saturated rings. The van der Waals surface area contributed by atoms with Crippen LogP contribution in [0.15, 0.2) is 12.1 Å². The molecule has 106 valence electrons. The van der Waals surface area contributed by atoms with Crippen molar-refractivity contribution in [3.63, 3.8) is 0 Å². The van der Waals surface area contributed by atoms with Gasteiger partial charge in [0.25, 0.3) is 0 Å². The minimum absolute atomic E-state index is 0.0698. The minimum Gasteiger partial charge on any atom is -0.505 e. The van der Waals surface area contributed by atoms with Crippen LogP contribution in [-0.2, 0) is 0 Å². The van der Waals surface area contributed by atoms with E-state index in [2.05, 4.69) is 25.1 Å². The molecule has 2 amide bonds. The molecule has 1 aromatic rings. The minimum atomic E-state index is -0.364. The number of nitrogens with zero attached hydrogens (tertiary/aromatic N) is 1. The van der Waals surface area contributed by atoms with Gasteiger partial charge in [-0.15, -0.1) is 0 Å². The van der Waals surface area contributed by atoms with Crippen LogP contribution in [0.1, 0.15) is 26.2 Å². The molecule has 0 aliphatic carbocycles. The Bertz CT molecular complexity index is 434. The van der Waals surface area contributed by atoms with Crippen molar-refractivity contribution in [1.82, 2.24) is 5.32 Å². The quantitative estimate of drug-likeness (QED) is 0.560. The van der Waals surface area contributed by atoms with Gasteiger partial charge in [0.15, 0.2) is 5.75 Å². The molecular weight excluding hydrogens is 307 g/mol. The van der Waals surface area contributed by atoms with Crippen molar-refractivity contribution < 1.29 is 9.90 Å². The Morgan fingerprint density at radius 1 is 1.37 bits per heavy atom. The third-order valence-electron chi connectivity index (χ3n) is 2.50. The molecule has 0 aliphatic rings. The number of phenols is 1. The number of aromatic hydroxyl groups is 1. The molecule has 4 nitrogen and oxygen atoms in total. The van der Waals surface area contributed by atoms with E-state index in [0.717, 1.165) is 23.6 Å². The zero-order valence-corrected chi connectivity index (χ0v) is 12.9. The smallest absolute Gasteiger partial charge is 0.331 e. The number of anilines is 1. The molecule has 0 atom stereocenters. The summed E-state index contributed by atoms with van der Waals surface area (Å²) in [4.78, 5) is 11.8. The van der Waals surface area contributed by atoms with E-state index in [1.54, 1.807) is 0 Å². The van der Waals surface area contributed by atoms with Gasteiger partial charge in [0, 0.05) is 6.54 Å². The summed E-state index contributed by atoms with van der Waals surface area (Å²) in [5.41, 5.74) is 0.393. The number of carbonyl (C=O) groups excluding carboxylic acids is 1. The number of halogens is 2. The van der Waals surface area contributed by atoms with Gasteiger partial charge in [-0.2, -0.15) is 0 Å². The fraction of sp³-hybridized carbons (Fsp3) is 0.417. The summed E-state index contributed by atoms with van der Waals surface area (Å²) in [7, 11) is 0. The Morgan fingerprint density at radius 3 is 2.47 bits per heavy atom. The number of benzene rings is 1. The highest BCUT2D eigenvalue weighted by molar-refractivity contribution is 7.82. The number of rotatable bonds is 5. The lowest BCUT2D eigenvalue weighted by atomic mass is 10.2. The van der Waals surface area contributed by atoms with Crippen molar-refractivity contribution in [3.05, 3.63) is 22.2 Å². The first kappa shape index (κ1) is 16.3. The van der Waals surface area contributed by atoms with Crippen LogP contribution in [-0.4, -0.2) is 17.7 Å². The van der Waals surface area contributed by atoms with E-state index in [0.29, 0.717) is 12.2 Å². The summed E-state index contributed by atoms with van der Waals surface area (Å²) in [5.74, 6) is -0.211. The summed E-state index contributed by atoms with van der Waals surface area (Å²) < 4.78 is 1.10. The molecular formula is C12H16Cl2N2O2S. The maximum atomic E-state index is 11.8. The Labute approximate surface area is 128 Å². The van der Waals surface area contributed by atoms with E-state index in [1.807, 2.05) is 0 Å². The Morgan fingerprint density at radius 2 is 1.95 bits per heavy atom. The predicted molar refractivity (Wildman–Crippen MR) is 82.5 cm³/mol. The van der Waals surface area contributed by atoms with Gasteiger partial charge in [-0.05, 0) is 18.6 Å². The van der Waals surface area contributed by atoms with Crippen molar-refractivity contribution in [2.45, 2.75) is 26.2 Å². The highest BCUT2D eigenvalue weighted by Gasteiger charge is 2.15. The van der Waals surface area contributed by atoms with Gasteiger partial charge >= 0.3 is 6.03 Å². The number of hydrogen-bond donors (Lipinski definition) is 3. The molecule has 0 bridgehead atoms. The van der Waals surface area contributed by atoms with Crippen molar-refractivity contribution >= 4 is 47.7 Å². The molecule has 0 spiro atoms. The number of hydrogen-bond acceptors (Lipinski definition) is 3. The van der Waals surface area contributed by atoms with Gasteiger partial charge in [-0.25, -0.2) is 9.10 Å². The molecule has 2 N–H and O–H groups in total. The van der Waals surface area contributed by atoms with Gasteiger partial charge in [-0.1, -0.05) is 55.8 Å². The highest BCUT2D eigenvalue weighted by Crippen LogP contribution is 2.36. The topological polar surface area (TPSA) is 52.6 Å². The average Bonchev–Trinajstić information content (AvgIpc) is 2.39. The van der Waals surface area contributed by atoms with Crippen LogP contribution in [0.5, 0.6) is 5.75 Å². The summed E-state index contributed by atoms with van der Waals surface area (Å²) >= 11 is 15.7.